The molecule has 0 radical (unpaired) electrons. The van der Waals surface area contributed by atoms with Crippen molar-refractivity contribution in [3.63, 3.8) is 0 Å². The third-order valence-corrected chi connectivity index (χ3v) is 1.50. The van der Waals surface area contributed by atoms with E-state index in [1.54, 1.807) is 18.6 Å². The summed E-state index contributed by atoms with van der Waals surface area (Å²) in [5.41, 5.74) is 3.97. The van der Waals surface area contributed by atoms with Crippen molar-refractivity contribution < 1.29 is 9.21 Å². The van der Waals surface area contributed by atoms with Crippen molar-refractivity contribution >= 4 is 11.6 Å². The van der Waals surface area contributed by atoms with Crippen molar-refractivity contribution in [2.75, 3.05) is 0 Å². The molecule has 0 saturated heterocycles. The molecular formula is C7H6N2O2. The lowest BCUT2D eigenvalue weighted by Gasteiger charge is -1.86. The predicted molar refractivity (Wildman–Crippen MR) is 38.0 cm³/mol. The molecule has 1 aliphatic rings. The number of rotatable bonds is 1. The Bertz CT molecular complexity index is 300. The summed E-state index contributed by atoms with van der Waals surface area (Å²) in [6.07, 6.45) is 3.47. The van der Waals surface area contributed by atoms with Crippen LogP contribution >= 0.6 is 0 Å². The van der Waals surface area contributed by atoms with Crippen molar-refractivity contribution in [3.05, 3.63) is 24.2 Å². The molecule has 4 nitrogen and oxygen atoms in total. The van der Waals surface area contributed by atoms with E-state index in [2.05, 4.69) is 10.5 Å². The average Bonchev–Trinajstić information content (AvgIpc) is 2.55. The lowest BCUT2D eigenvalue weighted by Crippen LogP contribution is -2.09. The van der Waals surface area contributed by atoms with E-state index in [9.17, 15) is 4.79 Å². The van der Waals surface area contributed by atoms with Crippen LogP contribution < -0.4 is 5.43 Å². The first-order valence-corrected chi connectivity index (χ1v) is 3.24. The highest BCUT2D eigenvalue weighted by molar-refractivity contribution is 6.13. The fourth-order valence-corrected chi connectivity index (χ4v) is 0.956. The number of nitrogens with zero attached hydrogens (tertiary/aromatic N) is 1. The van der Waals surface area contributed by atoms with Crippen LogP contribution in [0.3, 0.4) is 0 Å². The summed E-state index contributed by atoms with van der Waals surface area (Å²) >= 11 is 0. The summed E-state index contributed by atoms with van der Waals surface area (Å²) in [5, 5.41) is 3.82. The summed E-state index contributed by atoms with van der Waals surface area (Å²) in [7, 11) is 0. The third-order valence-electron chi connectivity index (χ3n) is 1.50. The van der Waals surface area contributed by atoms with Crippen molar-refractivity contribution in [1.82, 2.24) is 5.43 Å². The molecule has 2 heterocycles. The van der Waals surface area contributed by atoms with Crippen molar-refractivity contribution in [1.29, 1.82) is 0 Å². The van der Waals surface area contributed by atoms with Crippen molar-refractivity contribution in [2.45, 2.75) is 6.42 Å². The van der Waals surface area contributed by atoms with E-state index in [0.717, 1.165) is 11.3 Å². The predicted octanol–water partition coefficient (Wildman–Crippen LogP) is 0.504. The molecule has 1 N–H and O–H groups in total. The van der Waals surface area contributed by atoms with Gasteiger partial charge in [-0.05, 0) is 6.07 Å². The van der Waals surface area contributed by atoms with Gasteiger partial charge < -0.3 is 4.42 Å². The van der Waals surface area contributed by atoms with Gasteiger partial charge in [-0.3, -0.25) is 4.79 Å². The van der Waals surface area contributed by atoms with Crippen LogP contribution in [-0.2, 0) is 4.79 Å². The van der Waals surface area contributed by atoms with Gasteiger partial charge in [-0.1, -0.05) is 0 Å². The molecule has 0 atom stereocenters. The lowest BCUT2D eigenvalue weighted by atomic mass is 10.1. The summed E-state index contributed by atoms with van der Waals surface area (Å²) in [4.78, 5) is 10.7. The summed E-state index contributed by atoms with van der Waals surface area (Å²) in [6.45, 7) is 0. The highest BCUT2D eigenvalue weighted by atomic mass is 16.3. The van der Waals surface area contributed by atoms with Gasteiger partial charge in [0, 0.05) is 5.56 Å². The van der Waals surface area contributed by atoms with Crippen molar-refractivity contribution in [3.8, 4) is 0 Å². The van der Waals surface area contributed by atoms with Crippen LogP contribution in [0, 0.1) is 0 Å². The number of carbonyl (C=O) groups excluding carboxylic acids is 1. The molecule has 0 spiro atoms. The first-order chi connectivity index (χ1) is 5.36. The molecule has 0 fully saturated rings. The van der Waals surface area contributed by atoms with Crippen LogP contribution in [0.5, 0.6) is 0 Å². The maximum absolute atomic E-state index is 10.7. The second kappa shape index (κ2) is 2.23. The number of hydrogen-bond donors (Lipinski definition) is 1. The van der Waals surface area contributed by atoms with E-state index in [0.29, 0.717) is 6.42 Å². The fraction of sp³-hybridized carbons (Fsp3) is 0.143. The largest absolute Gasteiger partial charge is 0.472 e. The minimum atomic E-state index is -0.0683. The quantitative estimate of drug-likeness (QED) is 0.633. The summed E-state index contributed by atoms with van der Waals surface area (Å²) in [5.74, 6) is -0.0683. The van der Waals surface area contributed by atoms with E-state index in [1.165, 1.54) is 0 Å². The first kappa shape index (κ1) is 6.15. The average molecular weight is 150 g/mol. The van der Waals surface area contributed by atoms with Crippen LogP contribution in [-0.4, -0.2) is 11.6 Å². The number of carbonyl (C=O) groups is 1. The first-order valence-electron chi connectivity index (χ1n) is 3.24. The maximum Gasteiger partial charge on any atom is 0.246 e. The minimum Gasteiger partial charge on any atom is -0.472 e. The van der Waals surface area contributed by atoms with Gasteiger partial charge in [0.15, 0.2) is 0 Å². The molecule has 11 heavy (non-hydrogen) atoms. The van der Waals surface area contributed by atoms with E-state index in [4.69, 9.17) is 4.42 Å². The molecule has 1 aromatic heterocycles. The molecular weight excluding hydrogens is 144 g/mol. The van der Waals surface area contributed by atoms with Crippen LogP contribution in [0.25, 0.3) is 0 Å². The zero-order valence-corrected chi connectivity index (χ0v) is 5.70. The highest BCUT2D eigenvalue weighted by Gasteiger charge is 2.16. The standard InChI is InChI=1S/C7H6N2O2/c10-7-3-6(8-9-7)5-1-2-11-4-5/h1-2,4H,3H2,(H,9,10). The summed E-state index contributed by atoms with van der Waals surface area (Å²) < 4.78 is 4.84. The van der Waals surface area contributed by atoms with E-state index in [1.807, 2.05) is 0 Å². The molecule has 0 aliphatic carbocycles. The molecule has 0 unspecified atom stereocenters. The second-order valence-corrected chi connectivity index (χ2v) is 2.28. The zero-order chi connectivity index (χ0) is 7.68. The molecule has 4 heteroatoms. The van der Waals surface area contributed by atoms with Gasteiger partial charge in [0.05, 0.1) is 24.7 Å². The van der Waals surface area contributed by atoms with Gasteiger partial charge in [0.2, 0.25) is 5.91 Å². The number of furan rings is 1. The van der Waals surface area contributed by atoms with Gasteiger partial charge in [-0.2, -0.15) is 5.10 Å². The monoisotopic (exact) mass is 150 g/mol. The molecule has 56 valence electrons. The van der Waals surface area contributed by atoms with E-state index in [-0.39, 0.29) is 5.91 Å². The molecule has 0 bridgehead atoms. The fourth-order valence-electron chi connectivity index (χ4n) is 0.956. The van der Waals surface area contributed by atoms with Gasteiger partial charge in [0.1, 0.15) is 0 Å². The van der Waals surface area contributed by atoms with Crippen molar-refractivity contribution in [2.24, 2.45) is 5.10 Å². The van der Waals surface area contributed by atoms with Gasteiger partial charge in [-0.25, -0.2) is 5.43 Å². The molecule has 0 saturated carbocycles. The van der Waals surface area contributed by atoms with Crippen LogP contribution in [0.15, 0.2) is 28.1 Å². The van der Waals surface area contributed by atoms with Crippen LogP contribution in [0.4, 0.5) is 0 Å². The highest BCUT2D eigenvalue weighted by Crippen LogP contribution is 2.08. The Balaban J connectivity index is 2.26. The van der Waals surface area contributed by atoms with Gasteiger partial charge in [-0.15, -0.1) is 0 Å². The summed E-state index contributed by atoms with van der Waals surface area (Å²) in [6, 6.07) is 1.78. The van der Waals surface area contributed by atoms with Gasteiger partial charge >= 0.3 is 0 Å². The number of amides is 1. The molecule has 1 aromatic rings. The number of nitrogens with one attached hydrogen (secondary N) is 1. The molecule has 0 aromatic carbocycles. The second-order valence-electron chi connectivity index (χ2n) is 2.28. The minimum absolute atomic E-state index is 0.0683. The zero-order valence-electron chi connectivity index (χ0n) is 5.70. The number of hydrazone groups is 1. The van der Waals surface area contributed by atoms with Gasteiger partial charge in [0.25, 0.3) is 0 Å². The Morgan fingerprint density at radius 2 is 2.55 bits per heavy atom. The Morgan fingerprint density at radius 3 is 3.09 bits per heavy atom. The van der Waals surface area contributed by atoms with Crippen LogP contribution in [0.2, 0.25) is 0 Å². The Hall–Kier alpha value is -1.58. The number of hydrogen-bond acceptors (Lipinski definition) is 3. The third kappa shape index (κ3) is 1.02. The maximum atomic E-state index is 10.7. The SMILES string of the molecule is O=C1CC(c2ccoc2)=NN1. The topological polar surface area (TPSA) is 54.6 Å². The van der Waals surface area contributed by atoms with Crippen LogP contribution in [0.1, 0.15) is 12.0 Å². The Morgan fingerprint density at radius 1 is 1.64 bits per heavy atom. The lowest BCUT2D eigenvalue weighted by molar-refractivity contribution is -0.119. The smallest absolute Gasteiger partial charge is 0.246 e. The Kier molecular flexibility index (Phi) is 1.25. The Labute approximate surface area is 62.9 Å². The molecule has 1 amide bonds. The van der Waals surface area contributed by atoms with E-state index < -0.39 is 0 Å². The normalized spacial score (nSPS) is 16.4. The molecule has 1 aliphatic heterocycles. The van der Waals surface area contributed by atoms with E-state index >= 15 is 0 Å². The molecule has 2 rings (SSSR count).